The van der Waals surface area contributed by atoms with Crippen molar-refractivity contribution in [3.63, 3.8) is 0 Å². The van der Waals surface area contributed by atoms with Gasteiger partial charge in [0.1, 0.15) is 0 Å². The Morgan fingerprint density at radius 2 is 1.76 bits per heavy atom. The molecule has 0 aliphatic heterocycles. The third kappa shape index (κ3) is 6.04. The Morgan fingerprint density at radius 3 is 2.48 bits per heavy atom. The lowest BCUT2D eigenvalue weighted by molar-refractivity contribution is -0.116. The van der Waals surface area contributed by atoms with Crippen molar-refractivity contribution in [3.8, 4) is 0 Å². The van der Waals surface area contributed by atoms with Crippen molar-refractivity contribution in [3.05, 3.63) is 65.2 Å². The highest BCUT2D eigenvalue weighted by molar-refractivity contribution is 6.03. The van der Waals surface area contributed by atoms with E-state index in [-0.39, 0.29) is 11.8 Å². The van der Waals surface area contributed by atoms with Crippen molar-refractivity contribution >= 4 is 17.5 Å². The highest BCUT2D eigenvalue weighted by atomic mass is 16.2. The van der Waals surface area contributed by atoms with Gasteiger partial charge in [-0.15, -0.1) is 0 Å². The summed E-state index contributed by atoms with van der Waals surface area (Å²) in [6.07, 6.45) is 2.02. The summed E-state index contributed by atoms with van der Waals surface area (Å²) in [6, 6.07) is 15.3. The van der Waals surface area contributed by atoms with E-state index in [4.69, 9.17) is 5.73 Å². The number of carbonyl (C=O) groups is 2. The molecule has 2 aromatic rings. The Balaban J connectivity index is 1.87. The summed E-state index contributed by atoms with van der Waals surface area (Å²) in [5.41, 5.74) is 8.82. The van der Waals surface area contributed by atoms with E-state index in [2.05, 4.69) is 41.8 Å². The monoisotopic (exact) mass is 339 g/mol. The number of anilines is 1. The van der Waals surface area contributed by atoms with Gasteiger partial charge in [-0.25, -0.2) is 0 Å². The summed E-state index contributed by atoms with van der Waals surface area (Å²) in [5.74, 6) is -0.327. The molecule has 0 radical (unpaired) electrons. The van der Waals surface area contributed by atoms with E-state index in [9.17, 15) is 9.59 Å². The molecule has 2 amide bonds. The molecule has 0 saturated heterocycles. The number of benzene rings is 2. The average Bonchev–Trinajstić information content (AvgIpc) is 2.62. The number of rotatable bonds is 8. The van der Waals surface area contributed by atoms with Crippen molar-refractivity contribution in [1.29, 1.82) is 0 Å². The van der Waals surface area contributed by atoms with Gasteiger partial charge >= 0.3 is 0 Å². The Bertz CT molecular complexity index is 711. The minimum absolute atomic E-state index is 0.0915. The number of amides is 2. The Hall–Kier alpha value is -2.66. The Labute approximate surface area is 148 Å². The molecule has 4 N–H and O–H groups in total. The van der Waals surface area contributed by atoms with Crippen LogP contribution in [0.3, 0.4) is 0 Å². The van der Waals surface area contributed by atoms with E-state index in [0.29, 0.717) is 30.8 Å². The van der Waals surface area contributed by atoms with E-state index in [0.717, 1.165) is 12.8 Å². The number of hydrogen-bond donors (Lipinski definition) is 3. The number of hydrogen-bond acceptors (Lipinski definition) is 3. The zero-order valence-electron chi connectivity index (χ0n) is 14.5. The molecule has 2 aromatic carbocycles. The van der Waals surface area contributed by atoms with Crippen LogP contribution >= 0.6 is 0 Å². The van der Waals surface area contributed by atoms with Crippen LogP contribution in [0, 0.1) is 6.92 Å². The van der Waals surface area contributed by atoms with Gasteiger partial charge in [0.2, 0.25) is 5.91 Å². The summed E-state index contributed by atoms with van der Waals surface area (Å²) in [4.78, 5) is 24.3. The second-order valence-corrected chi connectivity index (χ2v) is 5.98. The maximum atomic E-state index is 12.2. The topological polar surface area (TPSA) is 84.2 Å². The van der Waals surface area contributed by atoms with Crippen LogP contribution in [0.15, 0.2) is 48.5 Å². The minimum atomic E-state index is -0.235. The van der Waals surface area contributed by atoms with Crippen LogP contribution in [0.5, 0.6) is 0 Å². The van der Waals surface area contributed by atoms with E-state index in [1.165, 1.54) is 11.1 Å². The number of aryl methyl sites for hydroxylation is 2. The molecule has 25 heavy (non-hydrogen) atoms. The first-order valence-electron chi connectivity index (χ1n) is 8.53. The summed E-state index contributed by atoms with van der Waals surface area (Å²) >= 11 is 0. The fourth-order valence-electron chi connectivity index (χ4n) is 2.49. The van der Waals surface area contributed by atoms with E-state index in [1.807, 2.05) is 0 Å². The quantitative estimate of drug-likeness (QED) is 0.691. The van der Waals surface area contributed by atoms with Gasteiger partial charge in [-0.1, -0.05) is 42.0 Å². The molecular formula is C20H25N3O2. The maximum absolute atomic E-state index is 12.2. The van der Waals surface area contributed by atoms with Crippen LogP contribution in [-0.2, 0) is 11.2 Å². The molecule has 0 aliphatic carbocycles. The second kappa shape index (κ2) is 9.59. The molecule has 132 valence electrons. The SMILES string of the molecule is Cc1ccc(CCCC(=O)Nc2ccccc2C(=O)NCCN)cc1. The second-order valence-electron chi connectivity index (χ2n) is 5.98. The first-order valence-corrected chi connectivity index (χ1v) is 8.53. The van der Waals surface area contributed by atoms with Crippen molar-refractivity contribution in [1.82, 2.24) is 5.32 Å². The van der Waals surface area contributed by atoms with Crippen molar-refractivity contribution in [2.45, 2.75) is 26.2 Å². The standard InChI is InChI=1S/C20H25N3O2/c1-15-9-11-16(12-10-15)5-4-8-19(24)23-18-7-3-2-6-17(18)20(25)22-14-13-21/h2-3,6-7,9-12H,4-5,8,13-14,21H2,1H3,(H,22,25)(H,23,24). The largest absolute Gasteiger partial charge is 0.351 e. The molecule has 0 bridgehead atoms. The third-order valence-corrected chi connectivity index (χ3v) is 3.87. The maximum Gasteiger partial charge on any atom is 0.253 e. The van der Waals surface area contributed by atoms with Gasteiger partial charge in [0.15, 0.2) is 0 Å². The predicted octanol–water partition coefficient (Wildman–Crippen LogP) is 2.64. The van der Waals surface area contributed by atoms with Gasteiger partial charge in [-0.05, 0) is 37.5 Å². The smallest absolute Gasteiger partial charge is 0.253 e. The van der Waals surface area contributed by atoms with E-state index in [1.54, 1.807) is 24.3 Å². The lowest BCUT2D eigenvalue weighted by Gasteiger charge is -2.11. The minimum Gasteiger partial charge on any atom is -0.351 e. The lowest BCUT2D eigenvalue weighted by atomic mass is 10.1. The van der Waals surface area contributed by atoms with E-state index >= 15 is 0 Å². The number of nitrogens with one attached hydrogen (secondary N) is 2. The molecule has 0 aliphatic rings. The summed E-state index contributed by atoms with van der Waals surface area (Å²) in [5, 5.41) is 5.55. The molecule has 0 heterocycles. The van der Waals surface area contributed by atoms with Crippen molar-refractivity contribution in [2.24, 2.45) is 5.73 Å². The van der Waals surface area contributed by atoms with Crippen LogP contribution in [-0.4, -0.2) is 24.9 Å². The fraction of sp³-hybridized carbons (Fsp3) is 0.300. The van der Waals surface area contributed by atoms with Gasteiger partial charge in [0.25, 0.3) is 5.91 Å². The van der Waals surface area contributed by atoms with Crippen LogP contribution in [0.25, 0.3) is 0 Å². The molecule has 0 spiro atoms. The van der Waals surface area contributed by atoms with Gasteiger partial charge in [-0.3, -0.25) is 9.59 Å². The van der Waals surface area contributed by atoms with Crippen molar-refractivity contribution in [2.75, 3.05) is 18.4 Å². The average molecular weight is 339 g/mol. The highest BCUT2D eigenvalue weighted by Gasteiger charge is 2.12. The van der Waals surface area contributed by atoms with E-state index < -0.39 is 0 Å². The fourth-order valence-corrected chi connectivity index (χ4v) is 2.49. The molecule has 0 aromatic heterocycles. The summed E-state index contributed by atoms with van der Waals surface area (Å²) in [7, 11) is 0. The predicted molar refractivity (Wildman–Crippen MR) is 101 cm³/mol. The van der Waals surface area contributed by atoms with Gasteiger partial charge in [0, 0.05) is 19.5 Å². The first kappa shape index (κ1) is 18.7. The van der Waals surface area contributed by atoms with Crippen LogP contribution in [0.2, 0.25) is 0 Å². The molecular weight excluding hydrogens is 314 g/mol. The van der Waals surface area contributed by atoms with Crippen molar-refractivity contribution < 1.29 is 9.59 Å². The first-order chi connectivity index (χ1) is 12.1. The van der Waals surface area contributed by atoms with Gasteiger partial charge in [0.05, 0.1) is 11.3 Å². The van der Waals surface area contributed by atoms with Gasteiger partial charge in [-0.2, -0.15) is 0 Å². The Morgan fingerprint density at radius 1 is 1.04 bits per heavy atom. The Kier molecular flexibility index (Phi) is 7.16. The molecule has 0 fully saturated rings. The number of para-hydroxylation sites is 1. The summed E-state index contributed by atoms with van der Waals surface area (Å²) in [6.45, 7) is 2.83. The number of carbonyl (C=O) groups excluding carboxylic acids is 2. The van der Waals surface area contributed by atoms with Crippen LogP contribution in [0.1, 0.15) is 34.3 Å². The molecule has 5 heteroatoms. The highest BCUT2D eigenvalue weighted by Crippen LogP contribution is 2.16. The van der Waals surface area contributed by atoms with Gasteiger partial charge < -0.3 is 16.4 Å². The lowest BCUT2D eigenvalue weighted by Crippen LogP contribution is -2.29. The molecule has 0 unspecified atom stereocenters. The molecule has 2 rings (SSSR count). The molecule has 0 atom stereocenters. The zero-order chi connectivity index (χ0) is 18.1. The number of nitrogens with two attached hydrogens (primary N) is 1. The summed E-state index contributed by atoms with van der Waals surface area (Å²) < 4.78 is 0. The van der Waals surface area contributed by atoms with Crippen LogP contribution in [0.4, 0.5) is 5.69 Å². The molecule has 5 nitrogen and oxygen atoms in total. The van der Waals surface area contributed by atoms with Crippen LogP contribution < -0.4 is 16.4 Å². The molecule has 0 saturated carbocycles. The normalized spacial score (nSPS) is 10.3. The third-order valence-electron chi connectivity index (χ3n) is 3.87. The zero-order valence-corrected chi connectivity index (χ0v) is 14.5.